The largest absolute Gasteiger partial charge is 0.481 e. The van der Waals surface area contributed by atoms with Gasteiger partial charge in [0.1, 0.15) is 5.82 Å². The van der Waals surface area contributed by atoms with Gasteiger partial charge in [-0.05, 0) is 19.4 Å². The standard InChI is InChI=1S/C15H18N2O2/c1-10-6-4-5-7-12(10)15-16-13(8-9-14(18)19)11(2)17(15)3/h4-7H,8-9H2,1-3H3,(H,18,19). The maximum atomic E-state index is 10.7. The number of aliphatic carboxylic acids is 1. The number of hydrogen-bond acceptors (Lipinski definition) is 2. The Labute approximate surface area is 112 Å². The molecular weight excluding hydrogens is 240 g/mol. The Morgan fingerprint density at radius 2 is 2.00 bits per heavy atom. The normalized spacial score (nSPS) is 10.7. The molecule has 1 heterocycles. The predicted octanol–water partition coefficient (Wildman–Crippen LogP) is 2.72. The van der Waals surface area contributed by atoms with Gasteiger partial charge in [-0.25, -0.2) is 4.98 Å². The molecule has 0 aliphatic heterocycles. The van der Waals surface area contributed by atoms with Crippen molar-refractivity contribution in [2.45, 2.75) is 26.7 Å². The number of aromatic nitrogens is 2. The second kappa shape index (κ2) is 5.26. The van der Waals surface area contributed by atoms with Crippen molar-refractivity contribution in [1.82, 2.24) is 9.55 Å². The van der Waals surface area contributed by atoms with Gasteiger partial charge in [0.15, 0.2) is 0 Å². The van der Waals surface area contributed by atoms with Crippen LogP contribution in [0.2, 0.25) is 0 Å². The maximum absolute atomic E-state index is 10.7. The highest BCUT2D eigenvalue weighted by Gasteiger charge is 2.14. The first-order valence-electron chi connectivity index (χ1n) is 6.30. The smallest absolute Gasteiger partial charge is 0.303 e. The first-order chi connectivity index (χ1) is 9.00. The third-order valence-electron chi connectivity index (χ3n) is 3.44. The number of imidazole rings is 1. The molecule has 0 spiro atoms. The maximum Gasteiger partial charge on any atom is 0.303 e. The summed E-state index contributed by atoms with van der Waals surface area (Å²) in [7, 11) is 1.97. The molecule has 0 fully saturated rings. The van der Waals surface area contributed by atoms with E-state index in [1.54, 1.807) is 0 Å². The van der Waals surface area contributed by atoms with E-state index in [2.05, 4.69) is 18.0 Å². The van der Waals surface area contributed by atoms with Crippen LogP contribution in [-0.2, 0) is 18.3 Å². The van der Waals surface area contributed by atoms with Gasteiger partial charge >= 0.3 is 5.97 Å². The summed E-state index contributed by atoms with van der Waals surface area (Å²) in [4.78, 5) is 15.3. The van der Waals surface area contributed by atoms with E-state index in [-0.39, 0.29) is 6.42 Å². The number of hydrogen-bond donors (Lipinski definition) is 1. The van der Waals surface area contributed by atoms with E-state index in [0.29, 0.717) is 6.42 Å². The Balaban J connectivity index is 2.40. The van der Waals surface area contributed by atoms with Crippen LogP contribution in [0.1, 0.15) is 23.4 Å². The molecule has 0 aliphatic rings. The summed E-state index contributed by atoms with van der Waals surface area (Å²) < 4.78 is 2.03. The van der Waals surface area contributed by atoms with Crippen molar-refractivity contribution in [2.24, 2.45) is 7.05 Å². The molecule has 19 heavy (non-hydrogen) atoms. The van der Waals surface area contributed by atoms with E-state index in [1.165, 1.54) is 5.56 Å². The summed E-state index contributed by atoms with van der Waals surface area (Å²) in [5, 5.41) is 8.77. The van der Waals surface area contributed by atoms with Gasteiger partial charge in [0.05, 0.1) is 12.1 Å². The Kier molecular flexibility index (Phi) is 3.69. The molecule has 100 valence electrons. The zero-order valence-electron chi connectivity index (χ0n) is 11.5. The van der Waals surface area contributed by atoms with Crippen molar-refractivity contribution in [3.05, 3.63) is 41.2 Å². The van der Waals surface area contributed by atoms with Crippen molar-refractivity contribution in [3.8, 4) is 11.4 Å². The minimum Gasteiger partial charge on any atom is -0.481 e. The number of rotatable bonds is 4. The summed E-state index contributed by atoms with van der Waals surface area (Å²) in [5.74, 6) is 0.110. The fourth-order valence-electron chi connectivity index (χ4n) is 2.16. The van der Waals surface area contributed by atoms with Gasteiger partial charge in [0, 0.05) is 24.7 Å². The zero-order chi connectivity index (χ0) is 14.0. The average molecular weight is 258 g/mol. The molecule has 0 saturated heterocycles. The molecule has 4 nitrogen and oxygen atoms in total. The van der Waals surface area contributed by atoms with Gasteiger partial charge in [0.25, 0.3) is 0 Å². The third-order valence-corrected chi connectivity index (χ3v) is 3.44. The molecule has 0 unspecified atom stereocenters. The Bertz CT molecular complexity index is 615. The lowest BCUT2D eigenvalue weighted by molar-refractivity contribution is -0.136. The molecule has 0 radical (unpaired) electrons. The summed E-state index contributed by atoms with van der Waals surface area (Å²) in [5.41, 5.74) is 4.15. The minimum atomic E-state index is -0.789. The highest BCUT2D eigenvalue weighted by Crippen LogP contribution is 2.24. The van der Waals surface area contributed by atoms with Crippen LogP contribution in [0.5, 0.6) is 0 Å². The minimum absolute atomic E-state index is 0.116. The topological polar surface area (TPSA) is 55.1 Å². The Morgan fingerprint density at radius 1 is 1.32 bits per heavy atom. The van der Waals surface area contributed by atoms with Gasteiger partial charge in [-0.1, -0.05) is 24.3 Å². The second-order valence-electron chi connectivity index (χ2n) is 4.74. The third kappa shape index (κ3) is 2.67. The van der Waals surface area contributed by atoms with Crippen LogP contribution in [0.3, 0.4) is 0 Å². The SMILES string of the molecule is Cc1ccccc1-c1nc(CCC(=O)O)c(C)n1C. The number of carbonyl (C=O) groups is 1. The first-order valence-corrected chi connectivity index (χ1v) is 6.30. The van der Waals surface area contributed by atoms with Gasteiger partial charge in [-0.2, -0.15) is 0 Å². The van der Waals surface area contributed by atoms with Gasteiger partial charge < -0.3 is 9.67 Å². The molecule has 1 N–H and O–H groups in total. The fraction of sp³-hybridized carbons (Fsp3) is 0.333. The molecule has 0 amide bonds. The fourth-order valence-corrected chi connectivity index (χ4v) is 2.16. The number of carboxylic acids is 1. The molecular formula is C15H18N2O2. The molecule has 0 aliphatic carbocycles. The lowest BCUT2D eigenvalue weighted by Gasteiger charge is -2.05. The summed E-state index contributed by atoms with van der Waals surface area (Å²) in [6, 6.07) is 8.08. The molecule has 2 aromatic rings. The van der Waals surface area contributed by atoms with Crippen LogP contribution in [-0.4, -0.2) is 20.6 Å². The van der Waals surface area contributed by atoms with Crippen LogP contribution in [0.25, 0.3) is 11.4 Å². The van der Waals surface area contributed by atoms with E-state index in [0.717, 1.165) is 22.8 Å². The predicted molar refractivity (Wildman–Crippen MR) is 74.1 cm³/mol. The summed E-state index contributed by atoms with van der Waals surface area (Å²) in [6.45, 7) is 4.03. The van der Waals surface area contributed by atoms with Gasteiger partial charge in [-0.15, -0.1) is 0 Å². The summed E-state index contributed by atoms with van der Waals surface area (Å²) >= 11 is 0. The second-order valence-corrected chi connectivity index (χ2v) is 4.74. The van der Waals surface area contributed by atoms with Gasteiger partial charge in [0.2, 0.25) is 0 Å². The summed E-state index contributed by atoms with van der Waals surface area (Å²) in [6.07, 6.45) is 0.589. The van der Waals surface area contributed by atoms with E-state index in [9.17, 15) is 4.79 Å². The molecule has 0 saturated carbocycles. The quantitative estimate of drug-likeness (QED) is 0.917. The van der Waals surface area contributed by atoms with Crippen LogP contribution in [0, 0.1) is 13.8 Å². The van der Waals surface area contributed by atoms with Crippen LogP contribution >= 0.6 is 0 Å². The van der Waals surface area contributed by atoms with Crippen LogP contribution < -0.4 is 0 Å². The van der Waals surface area contributed by atoms with E-state index >= 15 is 0 Å². The van der Waals surface area contributed by atoms with Crippen molar-refractivity contribution in [1.29, 1.82) is 0 Å². The van der Waals surface area contributed by atoms with E-state index in [1.807, 2.05) is 36.7 Å². The Hall–Kier alpha value is -2.10. The van der Waals surface area contributed by atoms with E-state index < -0.39 is 5.97 Å². The van der Waals surface area contributed by atoms with Crippen molar-refractivity contribution in [2.75, 3.05) is 0 Å². The molecule has 0 atom stereocenters. The molecule has 0 bridgehead atoms. The molecule has 1 aromatic heterocycles. The monoisotopic (exact) mass is 258 g/mol. The molecule has 1 aromatic carbocycles. The van der Waals surface area contributed by atoms with Crippen molar-refractivity contribution in [3.63, 3.8) is 0 Å². The number of nitrogens with zero attached hydrogens (tertiary/aromatic N) is 2. The van der Waals surface area contributed by atoms with E-state index in [4.69, 9.17) is 5.11 Å². The average Bonchev–Trinajstić information content (AvgIpc) is 2.65. The number of aryl methyl sites for hydroxylation is 2. The number of carboxylic acid groups (broad SMARTS) is 1. The lowest BCUT2D eigenvalue weighted by atomic mass is 10.1. The zero-order valence-corrected chi connectivity index (χ0v) is 11.5. The number of benzene rings is 1. The first kappa shape index (κ1) is 13.3. The molecule has 4 heteroatoms. The molecule has 2 rings (SSSR count). The van der Waals surface area contributed by atoms with Crippen LogP contribution in [0.4, 0.5) is 0 Å². The van der Waals surface area contributed by atoms with Gasteiger partial charge in [-0.3, -0.25) is 4.79 Å². The highest BCUT2D eigenvalue weighted by atomic mass is 16.4. The van der Waals surface area contributed by atoms with Crippen LogP contribution in [0.15, 0.2) is 24.3 Å². The Morgan fingerprint density at radius 3 is 2.63 bits per heavy atom. The highest BCUT2D eigenvalue weighted by molar-refractivity contribution is 5.67. The lowest BCUT2D eigenvalue weighted by Crippen LogP contribution is -1.99. The van der Waals surface area contributed by atoms with Crippen molar-refractivity contribution < 1.29 is 9.90 Å². The van der Waals surface area contributed by atoms with Crippen molar-refractivity contribution >= 4 is 5.97 Å².